The number of nitrogens with one attached hydrogen (secondary N) is 2. The van der Waals surface area contributed by atoms with Crippen molar-refractivity contribution in [3.8, 4) is 11.5 Å². The number of methoxy groups -OCH3 is 1. The molecule has 0 aliphatic carbocycles. The standard InChI is InChI=1S/C26H26N4O7S/c1-36-10-9-27-25(32)21-13-17-4-2-5-19(12-17)37-23-14-18(7-8-22(23)30(34)35)26(33)29(16-24(31)28-21)15-20-6-3-11-38-20/h2-8,11-12,14,21H,9-10,13,15-16H2,1H3,(H,27,32)(H,28,31). The maximum Gasteiger partial charge on any atom is 0.311 e. The minimum atomic E-state index is -0.941. The van der Waals surface area contributed by atoms with E-state index in [0.29, 0.717) is 12.2 Å². The molecule has 1 unspecified atom stereocenters. The fourth-order valence-electron chi connectivity index (χ4n) is 3.97. The van der Waals surface area contributed by atoms with Crippen LogP contribution in [0.2, 0.25) is 0 Å². The first-order valence-electron chi connectivity index (χ1n) is 11.8. The van der Waals surface area contributed by atoms with E-state index in [1.807, 2.05) is 17.5 Å². The monoisotopic (exact) mass is 538 g/mol. The van der Waals surface area contributed by atoms with Gasteiger partial charge in [0.2, 0.25) is 17.6 Å². The van der Waals surface area contributed by atoms with Crippen LogP contribution in [0.1, 0.15) is 20.8 Å². The highest BCUT2D eigenvalue weighted by Crippen LogP contribution is 2.33. The van der Waals surface area contributed by atoms with Crippen LogP contribution < -0.4 is 15.4 Å². The van der Waals surface area contributed by atoms with Gasteiger partial charge >= 0.3 is 5.69 Å². The van der Waals surface area contributed by atoms with Gasteiger partial charge in [0.15, 0.2) is 0 Å². The number of fused-ring (bicyclic) bond motifs is 4. The molecule has 0 radical (unpaired) electrons. The van der Waals surface area contributed by atoms with E-state index in [1.165, 1.54) is 41.5 Å². The van der Waals surface area contributed by atoms with Gasteiger partial charge in [0.25, 0.3) is 5.91 Å². The first-order chi connectivity index (χ1) is 18.3. The van der Waals surface area contributed by atoms with Crippen LogP contribution in [0.15, 0.2) is 60.0 Å². The largest absolute Gasteiger partial charge is 0.450 e. The van der Waals surface area contributed by atoms with Gasteiger partial charge < -0.3 is 25.0 Å². The lowest BCUT2D eigenvalue weighted by atomic mass is 10.0. The highest BCUT2D eigenvalue weighted by Gasteiger charge is 2.27. The Bertz CT molecular complexity index is 1330. The Morgan fingerprint density at radius 3 is 2.82 bits per heavy atom. The molecule has 0 saturated carbocycles. The third-order valence-electron chi connectivity index (χ3n) is 5.78. The summed E-state index contributed by atoms with van der Waals surface area (Å²) in [4.78, 5) is 52.9. The van der Waals surface area contributed by atoms with Crippen LogP contribution in [0, 0.1) is 10.1 Å². The first kappa shape index (κ1) is 26.8. The van der Waals surface area contributed by atoms with Crippen molar-refractivity contribution in [3.63, 3.8) is 0 Å². The maximum absolute atomic E-state index is 13.5. The number of ether oxygens (including phenoxy) is 2. The fraction of sp³-hybridized carbons (Fsp3) is 0.269. The van der Waals surface area contributed by atoms with Crippen LogP contribution in [-0.2, 0) is 27.3 Å². The Kier molecular flexibility index (Phi) is 8.66. The lowest BCUT2D eigenvalue weighted by Gasteiger charge is -2.25. The number of nitro benzene ring substituents is 1. The number of nitro groups is 1. The molecule has 3 aromatic rings. The van der Waals surface area contributed by atoms with Crippen molar-refractivity contribution < 1.29 is 28.8 Å². The molecule has 198 valence electrons. The molecule has 1 aliphatic heterocycles. The predicted octanol–water partition coefficient (Wildman–Crippen LogP) is 2.89. The second-order valence-corrected chi connectivity index (χ2v) is 9.57. The minimum absolute atomic E-state index is 0.107. The molecule has 0 spiro atoms. The quantitative estimate of drug-likeness (QED) is 0.268. The van der Waals surface area contributed by atoms with Crippen molar-refractivity contribution in [2.24, 2.45) is 0 Å². The van der Waals surface area contributed by atoms with E-state index in [-0.39, 0.29) is 48.8 Å². The number of carbonyl (C=O) groups is 3. The van der Waals surface area contributed by atoms with Gasteiger partial charge in [0, 0.05) is 42.6 Å². The summed E-state index contributed by atoms with van der Waals surface area (Å²) in [5.41, 5.74) is 0.478. The average Bonchev–Trinajstić information content (AvgIpc) is 3.40. The number of rotatable bonds is 7. The SMILES string of the molecule is COCCNC(=O)C1Cc2cccc(c2)Oc2cc(ccc2[N+](=O)[O-])C(=O)N(Cc2cccs2)CC(=O)N1. The number of carbonyl (C=O) groups excluding carboxylic acids is 3. The van der Waals surface area contributed by atoms with Gasteiger partial charge in [-0.1, -0.05) is 18.2 Å². The van der Waals surface area contributed by atoms with Crippen molar-refractivity contribution in [3.05, 3.63) is 86.1 Å². The zero-order valence-corrected chi connectivity index (χ0v) is 21.4. The maximum atomic E-state index is 13.5. The Morgan fingerprint density at radius 2 is 2.08 bits per heavy atom. The van der Waals surface area contributed by atoms with Gasteiger partial charge in [0.05, 0.1) is 18.1 Å². The van der Waals surface area contributed by atoms with Gasteiger partial charge in [-0.05, 0) is 35.2 Å². The summed E-state index contributed by atoms with van der Waals surface area (Å²) in [5.74, 6) is -1.27. The Labute approximate surface area is 222 Å². The molecule has 0 fully saturated rings. The Morgan fingerprint density at radius 1 is 1.24 bits per heavy atom. The highest BCUT2D eigenvalue weighted by molar-refractivity contribution is 7.09. The second-order valence-electron chi connectivity index (χ2n) is 8.54. The molecule has 4 rings (SSSR count). The van der Waals surface area contributed by atoms with E-state index in [2.05, 4.69) is 10.6 Å². The zero-order chi connectivity index (χ0) is 27.1. The third kappa shape index (κ3) is 6.72. The molecule has 12 heteroatoms. The summed E-state index contributed by atoms with van der Waals surface area (Å²) in [5, 5.41) is 19.0. The van der Waals surface area contributed by atoms with E-state index in [1.54, 1.807) is 24.3 Å². The van der Waals surface area contributed by atoms with Crippen LogP contribution >= 0.6 is 11.3 Å². The number of hydrogen-bond donors (Lipinski definition) is 2. The van der Waals surface area contributed by atoms with E-state index in [9.17, 15) is 24.5 Å². The lowest BCUT2D eigenvalue weighted by molar-refractivity contribution is -0.385. The van der Waals surface area contributed by atoms with Crippen LogP contribution in [0.25, 0.3) is 0 Å². The molecule has 2 N–H and O–H groups in total. The van der Waals surface area contributed by atoms with Gasteiger partial charge in [-0.15, -0.1) is 11.3 Å². The van der Waals surface area contributed by atoms with Gasteiger partial charge in [-0.2, -0.15) is 0 Å². The molecule has 1 aromatic heterocycles. The Balaban J connectivity index is 1.74. The minimum Gasteiger partial charge on any atom is -0.450 e. The third-order valence-corrected chi connectivity index (χ3v) is 6.64. The number of thiophene rings is 1. The van der Waals surface area contributed by atoms with Crippen LogP contribution in [0.5, 0.6) is 11.5 Å². The van der Waals surface area contributed by atoms with E-state index >= 15 is 0 Å². The molecule has 4 bridgehead atoms. The van der Waals surface area contributed by atoms with Gasteiger partial charge in [0.1, 0.15) is 18.3 Å². The van der Waals surface area contributed by atoms with Crippen LogP contribution in [0.3, 0.4) is 0 Å². The van der Waals surface area contributed by atoms with Gasteiger partial charge in [-0.25, -0.2) is 0 Å². The molecular weight excluding hydrogens is 512 g/mol. The van der Waals surface area contributed by atoms with Crippen LogP contribution in [0.4, 0.5) is 5.69 Å². The number of benzene rings is 2. The number of nitrogens with zero attached hydrogens (tertiary/aromatic N) is 2. The summed E-state index contributed by atoms with van der Waals surface area (Å²) < 4.78 is 10.9. The second kappa shape index (κ2) is 12.3. The number of hydrogen-bond acceptors (Lipinski definition) is 8. The Hall–Kier alpha value is -4.29. The predicted molar refractivity (Wildman–Crippen MR) is 139 cm³/mol. The van der Waals surface area contributed by atoms with Crippen molar-refractivity contribution in [1.29, 1.82) is 0 Å². The topological polar surface area (TPSA) is 140 Å². The zero-order valence-electron chi connectivity index (χ0n) is 20.5. The lowest BCUT2D eigenvalue weighted by Crippen LogP contribution is -2.51. The fourth-order valence-corrected chi connectivity index (χ4v) is 4.69. The smallest absolute Gasteiger partial charge is 0.311 e. The molecule has 1 aliphatic rings. The van der Waals surface area contributed by atoms with Crippen LogP contribution in [-0.4, -0.2) is 60.4 Å². The summed E-state index contributed by atoms with van der Waals surface area (Å²) >= 11 is 1.43. The number of amides is 3. The molecule has 1 atom stereocenters. The normalized spacial score (nSPS) is 15.7. The first-order valence-corrected chi connectivity index (χ1v) is 12.6. The van der Waals surface area contributed by atoms with E-state index < -0.39 is 28.7 Å². The van der Waals surface area contributed by atoms with Gasteiger partial charge in [-0.3, -0.25) is 24.5 Å². The molecule has 3 amide bonds. The summed E-state index contributed by atoms with van der Waals surface area (Å²) in [6, 6.07) is 13.3. The molecule has 2 heterocycles. The van der Waals surface area contributed by atoms with Crippen molar-refractivity contribution in [1.82, 2.24) is 15.5 Å². The van der Waals surface area contributed by atoms with Crippen molar-refractivity contribution in [2.45, 2.75) is 19.0 Å². The van der Waals surface area contributed by atoms with Crippen molar-refractivity contribution in [2.75, 3.05) is 26.8 Å². The van der Waals surface area contributed by atoms with E-state index in [4.69, 9.17) is 9.47 Å². The van der Waals surface area contributed by atoms with E-state index in [0.717, 1.165) is 4.88 Å². The molecule has 2 aromatic carbocycles. The summed E-state index contributed by atoms with van der Waals surface area (Å²) in [6.45, 7) is 0.369. The molecule has 0 saturated heterocycles. The molecular formula is C26H26N4O7S. The van der Waals surface area contributed by atoms with Crippen molar-refractivity contribution >= 4 is 34.7 Å². The molecule has 38 heavy (non-hydrogen) atoms. The molecule has 11 nitrogen and oxygen atoms in total. The summed E-state index contributed by atoms with van der Waals surface area (Å²) in [7, 11) is 1.51. The highest BCUT2D eigenvalue weighted by atomic mass is 32.1. The average molecular weight is 539 g/mol. The summed E-state index contributed by atoms with van der Waals surface area (Å²) in [6.07, 6.45) is 0.128.